The van der Waals surface area contributed by atoms with E-state index in [1.54, 1.807) is 15.5 Å². The summed E-state index contributed by atoms with van der Waals surface area (Å²) in [7, 11) is 1.83. The van der Waals surface area contributed by atoms with Crippen molar-refractivity contribution in [3.05, 3.63) is 112 Å². The van der Waals surface area contributed by atoms with Crippen molar-refractivity contribution in [2.24, 2.45) is 0 Å². The van der Waals surface area contributed by atoms with Gasteiger partial charge in [-0.25, -0.2) is 4.98 Å². The number of benzene rings is 3. The summed E-state index contributed by atoms with van der Waals surface area (Å²) in [4.78, 5) is 34.1. The van der Waals surface area contributed by atoms with Gasteiger partial charge in [-0.2, -0.15) is 0 Å². The number of hydrogen-bond acceptors (Lipinski definition) is 3. The Morgan fingerprint density at radius 1 is 0.900 bits per heavy atom. The van der Waals surface area contributed by atoms with Gasteiger partial charge >= 0.3 is 0 Å². The molecule has 146 valence electrons. The van der Waals surface area contributed by atoms with Gasteiger partial charge in [-0.1, -0.05) is 66.7 Å². The molecule has 0 saturated heterocycles. The Labute approximate surface area is 173 Å². The highest BCUT2D eigenvalue weighted by molar-refractivity contribution is 5.87. The van der Waals surface area contributed by atoms with E-state index in [0.717, 1.165) is 16.7 Å². The number of para-hydroxylation sites is 1. The van der Waals surface area contributed by atoms with Crippen LogP contribution in [0.4, 0.5) is 0 Å². The maximum Gasteiger partial charge on any atom is 0.262 e. The summed E-state index contributed by atoms with van der Waals surface area (Å²) >= 11 is 0. The van der Waals surface area contributed by atoms with Crippen molar-refractivity contribution in [3.63, 3.8) is 0 Å². The Kier molecular flexibility index (Phi) is 3.37. The van der Waals surface area contributed by atoms with E-state index in [2.05, 4.69) is 12.1 Å². The lowest BCUT2D eigenvalue weighted by Crippen LogP contribution is -2.58. The second-order valence-corrected chi connectivity index (χ2v) is 7.98. The summed E-state index contributed by atoms with van der Waals surface area (Å²) in [5, 5.41) is 0.538. The van der Waals surface area contributed by atoms with Gasteiger partial charge in [0.1, 0.15) is 11.9 Å². The Bertz CT molecular complexity index is 1390. The molecule has 0 unspecified atom stereocenters. The summed E-state index contributed by atoms with van der Waals surface area (Å²) in [6.45, 7) is 0. The fourth-order valence-corrected chi connectivity index (χ4v) is 5.24. The fourth-order valence-electron chi connectivity index (χ4n) is 5.24. The topological polar surface area (TPSA) is 55.2 Å². The van der Waals surface area contributed by atoms with Crippen LogP contribution < -0.4 is 5.56 Å². The molecule has 0 spiro atoms. The molecule has 2 bridgehead atoms. The zero-order valence-electron chi connectivity index (χ0n) is 16.4. The third kappa shape index (κ3) is 1.94. The van der Waals surface area contributed by atoms with Crippen LogP contribution in [0.25, 0.3) is 10.9 Å². The molecule has 1 amide bonds. The number of likely N-dealkylation sites (N-methyl/N-ethyl adjacent to an activating group) is 1. The van der Waals surface area contributed by atoms with Gasteiger partial charge in [-0.3, -0.25) is 14.2 Å². The molecule has 5 nitrogen and oxygen atoms in total. The number of carbonyl (C=O) groups excluding carboxylic acids is 1. The predicted octanol–water partition coefficient (Wildman–Crippen LogP) is 3.26. The maximum absolute atomic E-state index is 13.6. The summed E-state index contributed by atoms with van der Waals surface area (Å²) in [5.41, 5.74) is 2.51. The lowest BCUT2D eigenvalue weighted by molar-refractivity contribution is -0.139. The van der Waals surface area contributed by atoms with E-state index < -0.39 is 11.6 Å². The average Bonchev–Trinajstić information content (AvgIpc) is 2.97. The highest BCUT2D eigenvalue weighted by Crippen LogP contribution is 2.49. The average molecular weight is 393 g/mol. The third-order valence-electron chi connectivity index (χ3n) is 6.57. The molecule has 4 aromatic rings. The standard InChI is InChI=1S/C25H19N3O2/c1-27-23(30)21-15-16-9-5-7-13-19(16)25(27,17-10-3-2-4-11-17)24-26-20-14-8-6-12-18(20)22(29)28(21)24/h2-14,21H,15H2,1H3/t21-,25+/m0/s1. The zero-order valence-corrected chi connectivity index (χ0v) is 16.4. The van der Waals surface area contributed by atoms with E-state index in [9.17, 15) is 9.59 Å². The number of aromatic nitrogens is 2. The molecule has 3 aromatic carbocycles. The molecule has 5 heteroatoms. The molecule has 2 atom stereocenters. The minimum Gasteiger partial charge on any atom is -0.323 e. The summed E-state index contributed by atoms with van der Waals surface area (Å²) < 4.78 is 1.65. The number of fused-ring (bicyclic) bond motifs is 2. The lowest BCUT2D eigenvalue weighted by atomic mass is 9.78. The number of hydrogen-bond donors (Lipinski definition) is 0. The van der Waals surface area contributed by atoms with Crippen molar-refractivity contribution in [3.8, 4) is 0 Å². The molecule has 3 aliphatic rings. The third-order valence-corrected chi connectivity index (χ3v) is 6.57. The van der Waals surface area contributed by atoms with Crippen LogP contribution in [0.1, 0.15) is 28.6 Å². The van der Waals surface area contributed by atoms with Crippen LogP contribution in [-0.4, -0.2) is 27.4 Å². The van der Waals surface area contributed by atoms with E-state index in [1.165, 1.54) is 0 Å². The van der Waals surface area contributed by atoms with E-state index in [0.29, 0.717) is 23.1 Å². The molecule has 1 aromatic heterocycles. The Morgan fingerprint density at radius 3 is 2.43 bits per heavy atom. The zero-order chi connectivity index (χ0) is 20.5. The van der Waals surface area contributed by atoms with Gasteiger partial charge < -0.3 is 4.90 Å². The number of nitrogens with zero attached hydrogens (tertiary/aromatic N) is 3. The van der Waals surface area contributed by atoms with Crippen LogP contribution in [0, 0.1) is 0 Å². The molecule has 0 fully saturated rings. The van der Waals surface area contributed by atoms with Gasteiger partial charge in [0.15, 0.2) is 5.54 Å². The molecule has 0 radical (unpaired) electrons. The molecule has 30 heavy (non-hydrogen) atoms. The van der Waals surface area contributed by atoms with Crippen LogP contribution >= 0.6 is 0 Å². The second-order valence-electron chi connectivity index (χ2n) is 7.98. The van der Waals surface area contributed by atoms with E-state index in [-0.39, 0.29) is 11.5 Å². The smallest absolute Gasteiger partial charge is 0.262 e. The van der Waals surface area contributed by atoms with E-state index in [4.69, 9.17) is 4.98 Å². The van der Waals surface area contributed by atoms with Gasteiger partial charge in [0.25, 0.3) is 5.56 Å². The normalized spacial score (nSPS) is 22.0. The van der Waals surface area contributed by atoms with Crippen molar-refractivity contribution in [1.82, 2.24) is 14.5 Å². The summed E-state index contributed by atoms with van der Waals surface area (Å²) in [6, 6.07) is 24.8. The highest BCUT2D eigenvalue weighted by Gasteiger charge is 2.55. The SMILES string of the molecule is CN1C(=O)[C@@H]2Cc3ccccc3[C@]1(c1ccccc1)c1nc3ccccc3c(=O)n12. The molecular weight excluding hydrogens is 374 g/mol. The minimum absolute atomic E-state index is 0.0678. The van der Waals surface area contributed by atoms with Gasteiger partial charge in [0.2, 0.25) is 5.91 Å². The lowest BCUT2D eigenvalue weighted by Gasteiger charge is -2.46. The predicted molar refractivity (Wildman–Crippen MR) is 114 cm³/mol. The molecule has 3 aliphatic heterocycles. The quantitative estimate of drug-likeness (QED) is 0.499. The fraction of sp³-hybridized carbons (Fsp3) is 0.160. The second kappa shape index (κ2) is 5.89. The van der Waals surface area contributed by atoms with Crippen molar-refractivity contribution >= 4 is 16.8 Å². The first-order chi connectivity index (χ1) is 14.6. The van der Waals surface area contributed by atoms with Gasteiger partial charge in [-0.15, -0.1) is 0 Å². The summed E-state index contributed by atoms with van der Waals surface area (Å²) in [6.07, 6.45) is 0.473. The molecule has 0 aliphatic carbocycles. The molecule has 4 heterocycles. The van der Waals surface area contributed by atoms with Crippen molar-refractivity contribution in [1.29, 1.82) is 0 Å². The Hall–Kier alpha value is -3.73. The van der Waals surface area contributed by atoms with Crippen LogP contribution in [-0.2, 0) is 16.8 Å². The Morgan fingerprint density at radius 2 is 1.60 bits per heavy atom. The van der Waals surface area contributed by atoms with Crippen molar-refractivity contribution in [2.75, 3.05) is 7.05 Å². The highest BCUT2D eigenvalue weighted by atomic mass is 16.2. The first kappa shape index (κ1) is 17.2. The van der Waals surface area contributed by atoms with E-state index >= 15 is 0 Å². The first-order valence-electron chi connectivity index (χ1n) is 10.1. The largest absolute Gasteiger partial charge is 0.323 e. The van der Waals surface area contributed by atoms with Crippen LogP contribution in [0.5, 0.6) is 0 Å². The number of rotatable bonds is 1. The molecule has 7 rings (SSSR count). The van der Waals surface area contributed by atoms with Crippen molar-refractivity contribution in [2.45, 2.75) is 18.0 Å². The summed E-state index contributed by atoms with van der Waals surface area (Å²) in [5.74, 6) is 0.538. The van der Waals surface area contributed by atoms with Crippen LogP contribution in [0.2, 0.25) is 0 Å². The minimum atomic E-state index is -0.967. The molecule has 0 saturated carbocycles. The maximum atomic E-state index is 13.6. The van der Waals surface area contributed by atoms with Crippen molar-refractivity contribution < 1.29 is 4.79 Å². The molecule has 0 N–H and O–H groups in total. The van der Waals surface area contributed by atoms with Gasteiger partial charge in [-0.05, 0) is 28.8 Å². The molecular formula is C25H19N3O2. The monoisotopic (exact) mass is 393 g/mol. The number of amides is 1. The van der Waals surface area contributed by atoms with Gasteiger partial charge in [0.05, 0.1) is 10.9 Å². The Balaban J connectivity index is 1.88. The van der Waals surface area contributed by atoms with E-state index in [1.807, 2.05) is 67.7 Å². The van der Waals surface area contributed by atoms with Gasteiger partial charge in [0, 0.05) is 13.5 Å². The van der Waals surface area contributed by atoms with Crippen LogP contribution in [0.15, 0.2) is 83.7 Å². The first-order valence-corrected chi connectivity index (χ1v) is 10.1. The number of carbonyl (C=O) groups is 1. The van der Waals surface area contributed by atoms with Crippen LogP contribution in [0.3, 0.4) is 0 Å².